The van der Waals surface area contributed by atoms with Crippen LogP contribution in [0.2, 0.25) is 0 Å². The summed E-state index contributed by atoms with van der Waals surface area (Å²) in [7, 11) is 0. The fraction of sp³-hybridized carbons (Fsp3) is 0.333. The second-order valence-corrected chi connectivity index (χ2v) is 13.0. The van der Waals surface area contributed by atoms with E-state index in [0.717, 1.165) is 106 Å². The van der Waals surface area contributed by atoms with Crippen molar-refractivity contribution in [3.8, 4) is 11.4 Å². The van der Waals surface area contributed by atoms with Crippen molar-refractivity contribution in [3.05, 3.63) is 128 Å². The van der Waals surface area contributed by atoms with Gasteiger partial charge in [0.25, 0.3) is 0 Å². The Morgan fingerprint density at radius 2 is 1.11 bits per heavy atom. The molecule has 0 aliphatic heterocycles. The summed E-state index contributed by atoms with van der Waals surface area (Å²) >= 11 is 4.39. The van der Waals surface area contributed by atoms with E-state index in [2.05, 4.69) is 71.2 Å². The molecule has 0 aliphatic rings. The van der Waals surface area contributed by atoms with E-state index in [-0.39, 0.29) is 24.7 Å². The first-order valence-corrected chi connectivity index (χ1v) is 17.8. The Balaban J connectivity index is 0.000000194. The second-order valence-electron chi connectivity index (χ2n) is 11.0. The molecule has 0 aliphatic carbocycles. The Hall–Kier alpha value is -3.34. The summed E-state index contributed by atoms with van der Waals surface area (Å²) in [4.78, 5) is 0. The first kappa shape index (κ1) is 28.8. The van der Waals surface area contributed by atoms with Crippen molar-refractivity contribution in [2.24, 2.45) is 0 Å². The van der Waals surface area contributed by atoms with Crippen LogP contribution in [0.4, 0.5) is 0 Å². The third kappa shape index (κ3) is 9.83. The molecule has 0 saturated heterocycles. The number of aromatic nitrogens is 8. The number of nitrogens with zero attached hydrogens (tertiary/aromatic N) is 8. The molecular formula is C36H40N8Pt2-4. The number of imidazole rings is 2. The fourth-order valence-corrected chi connectivity index (χ4v) is 6.46. The van der Waals surface area contributed by atoms with Gasteiger partial charge in [-0.05, 0) is 0 Å². The van der Waals surface area contributed by atoms with Gasteiger partial charge in [-0.2, -0.15) is 0 Å². The van der Waals surface area contributed by atoms with Crippen molar-refractivity contribution in [1.29, 1.82) is 0 Å². The fourth-order valence-electron chi connectivity index (χ4n) is 4.90. The Labute approximate surface area is 299 Å². The molecule has 0 bridgehead atoms. The van der Waals surface area contributed by atoms with Gasteiger partial charge in [-0.15, -0.1) is 0 Å². The molecule has 0 saturated carbocycles. The zero-order chi connectivity index (χ0) is 35.6. The minimum absolute atomic E-state index is 0.204. The summed E-state index contributed by atoms with van der Waals surface area (Å²) in [5.41, 5.74) is 5.66. The molecule has 4 aromatic heterocycles. The van der Waals surface area contributed by atoms with Gasteiger partial charge in [-0.25, -0.2) is 0 Å². The average Bonchev–Trinajstić information content (AvgIpc) is 3.84. The SMILES string of the molecule is [2H]c1c([2H])n(-c2[c-]cccc2)[c](=[Pt])n1CCCCCc1cc(C)[n-]n1.[2H]c1c([2H])n(-c2[c-]cccc2)[c](=[Pt])n1CCCCCc1cc(C)[n-]n1. The van der Waals surface area contributed by atoms with Crippen LogP contribution in [0, 0.1) is 33.6 Å². The summed E-state index contributed by atoms with van der Waals surface area (Å²) in [6.45, 7) is 5.40. The third-order valence-corrected chi connectivity index (χ3v) is 9.51. The van der Waals surface area contributed by atoms with Gasteiger partial charge in [-0.3, -0.25) is 0 Å². The van der Waals surface area contributed by atoms with Gasteiger partial charge in [-0.1, -0.05) is 0 Å². The summed E-state index contributed by atoms with van der Waals surface area (Å²) < 4.78 is 42.0. The van der Waals surface area contributed by atoms with Crippen LogP contribution >= 0.6 is 0 Å². The van der Waals surface area contributed by atoms with Gasteiger partial charge in [0.15, 0.2) is 0 Å². The average molecular weight is 979 g/mol. The van der Waals surface area contributed by atoms with E-state index >= 15 is 0 Å². The molecule has 0 radical (unpaired) electrons. The molecule has 0 fully saturated rings. The Kier molecular flexibility index (Phi) is 11.0. The second kappa shape index (κ2) is 17.5. The zero-order valence-corrected chi connectivity index (χ0v) is 30.6. The van der Waals surface area contributed by atoms with E-state index in [1.54, 1.807) is 9.13 Å². The van der Waals surface area contributed by atoms with Crippen LogP contribution in [-0.2, 0) is 64.6 Å². The quantitative estimate of drug-likeness (QED) is 0.0929. The molecule has 0 N–H and O–H groups in total. The minimum atomic E-state index is 0.204. The number of unbranched alkanes of at least 4 members (excludes halogenated alkanes) is 4. The molecule has 6 rings (SSSR count). The molecule has 0 atom stereocenters. The monoisotopic (exact) mass is 978 g/mol. The van der Waals surface area contributed by atoms with Crippen molar-refractivity contribution < 1.29 is 44.2 Å². The van der Waals surface area contributed by atoms with E-state index in [4.69, 9.17) is 5.48 Å². The normalized spacial score (nSPS) is 12.3. The van der Waals surface area contributed by atoms with Gasteiger partial charge in [0.2, 0.25) is 0 Å². The van der Waals surface area contributed by atoms with Crippen LogP contribution in [0.1, 0.15) is 66.8 Å². The molecule has 0 spiro atoms. The molecule has 2 aromatic carbocycles. The van der Waals surface area contributed by atoms with E-state index < -0.39 is 0 Å². The van der Waals surface area contributed by atoms with Crippen LogP contribution in [0.3, 0.4) is 0 Å². The van der Waals surface area contributed by atoms with Crippen molar-refractivity contribution >= 4 is 0 Å². The molecule has 248 valence electrons. The van der Waals surface area contributed by atoms with Crippen LogP contribution in [0.25, 0.3) is 11.4 Å². The van der Waals surface area contributed by atoms with E-state index in [9.17, 15) is 0 Å². The van der Waals surface area contributed by atoms with Gasteiger partial charge >= 0.3 is 300 Å². The van der Waals surface area contributed by atoms with Gasteiger partial charge in [0.1, 0.15) is 0 Å². The standard InChI is InChI=1S/2C18H20N4.2Pt/c2*1-16-14-17(20-19-16)8-4-3-7-11-21-12-13-22(15-21)18-9-5-2-6-10-18;;/h2*2,5-6,9,12-14H,3-4,7-8,11H2,1H3;;/q2*-2;;/i2*12D,13D;;. The number of hydrogen-bond donors (Lipinski definition) is 0. The van der Waals surface area contributed by atoms with Gasteiger partial charge < -0.3 is 0 Å². The number of rotatable bonds is 14. The molecular weight excluding hydrogens is 935 g/mol. The maximum absolute atomic E-state index is 8.24. The molecule has 4 heterocycles. The number of hydrogen-bond acceptors (Lipinski definition) is 2. The Morgan fingerprint density at radius 3 is 1.48 bits per heavy atom. The maximum atomic E-state index is 8.24. The van der Waals surface area contributed by atoms with E-state index in [1.165, 1.54) is 0 Å². The topological polar surface area (TPSA) is 73.7 Å². The molecule has 8 nitrogen and oxygen atoms in total. The van der Waals surface area contributed by atoms with Crippen LogP contribution < -0.4 is 10.2 Å². The van der Waals surface area contributed by atoms with Gasteiger partial charge in [0, 0.05) is 0 Å². The molecule has 6 aromatic rings. The van der Waals surface area contributed by atoms with E-state index in [0.29, 0.717) is 0 Å². The predicted octanol–water partition coefficient (Wildman–Crippen LogP) is 6.46. The number of benzene rings is 2. The first-order valence-electron chi connectivity index (χ1n) is 17.5. The molecule has 0 unspecified atom stereocenters. The van der Waals surface area contributed by atoms with Gasteiger partial charge in [0.05, 0.1) is 0 Å². The number of aryl methyl sites for hydroxylation is 4. The van der Waals surface area contributed by atoms with Crippen molar-refractivity contribution in [3.63, 3.8) is 0 Å². The summed E-state index contributed by atoms with van der Waals surface area (Å²) in [5, 5.41) is 16.3. The molecule has 0 amide bonds. The van der Waals surface area contributed by atoms with Crippen LogP contribution in [-0.4, -0.2) is 28.5 Å². The predicted molar refractivity (Wildman–Crippen MR) is 171 cm³/mol. The van der Waals surface area contributed by atoms with E-state index in [1.807, 2.05) is 83.6 Å². The summed E-state index contributed by atoms with van der Waals surface area (Å²) in [6, 6.07) is 25.4. The first-order chi connectivity index (χ1) is 24.2. The molecule has 46 heavy (non-hydrogen) atoms. The summed E-state index contributed by atoms with van der Waals surface area (Å²) in [5.74, 6) is 0. The van der Waals surface area contributed by atoms with Crippen LogP contribution in [0.5, 0.6) is 0 Å². The van der Waals surface area contributed by atoms with Crippen molar-refractivity contribution in [2.75, 3.05) is 0 Å². The number of para-hydroxylation sites is 2. The van der Waals surface area contributed by atoms with Crippen molar-refractivity contribution in [2.45, 2.75) is 78.3 Å². The zero-order valence-electron chi connectivity index (χ0n) is 30.1. The summed E-state index contributed by atoms with van der Waals surface area (Å²) in [6.07, 6.45) is 8.98. The third-order valence-electron chi connectivity index (χ3n) is 7.27. The van der Waals surface area contributed by atoms with Crippen LogP contribution in [0.15, 0.2) is 85.4 Å². The van der Waals surface area contributed by atoms with Crippen molar-refractivity contribution in [1.82, 2.24) is 38.7 Å². The Bertz CT molecular complexity index is 1940. The Morgan fingerprint density at radius 1 is 0.652 bits per heavy atom. The molecule has 10 heteroatoms.